The predicted molar refractivity (Wildman–Crippen MR) is 66.4 cm³/mol. The largest absolute Gasteiger partial charge is 0.368 e. The molecule has 84 valence electrons. The Labute approximate surface area is 97.5 Å². The van der Waals surface area contributed by atoms with Crippen molar-refractivity contribution in [3.63, 3.8) is 0 Å². The average molecular weight is 214 g/mol. The van der Waals surface area contributed by atoms with Crippen LogP contribution in [0.1, 0.15) is 38.2 Å². The van der Waals surface area contributed by atoms with E-state index in [9.17, 15) is 0 Å². The lowest BCUT2D eigenvalue weighted by Gasteiger charge is -2.30. The highest BCUT2D eigenvalue weighted by Gasteiger charge is 2.19. The molecule has 1 unspecified atom stereocenters. The molecular weight excluding hydrogens is 196 g/mol. The lowest BCUT2D eigenvalue weighted by atomic mass is 10.1. The fourth-order valence-corrected chi connectivity index (χ4v) is 2.45. The van der Waals surface area contributed by atoms with E-state index in [1.807, 2.05) is 18.2 Å². The SMILES string of the molecule is CC1CCCCCN1c1ccccc1C#N. The molecule has 0 amide bonds. The number of anilines is 1. The van der Waals surface area contributed by atoms with Crippen molar-refractivity contribution in [3.8, 4) is 6.07 Å². The molecule has 2 rings (SSSR count). The van der Waals surface area contributed by atoms with Crippen LogP contribution in [0.15, 0.2) is 24.3 Å². The quantitative estimate of drug-likeness (QED) is 0.717. The third-order valence-corrected chi connectivity index (χ3v) is 3.39. The van der Waals surface area contributed by atoms with Crippen molar-refractivity contribution in [2.75, 3.05) is 11.4 Å². The first-order valence-corrected chi connectivity index (χ1v) is 6.08. The van der Waals surface area contributed by atoms with Crippen LogP contribution in [-0.2, 0) is 0 Å². The normalized spacial score (nSPS) is 21.2. The molecule has 1 aromatic rings. The van der Waals surface area contributed by atoms with Crippen molar-refractivity contribution in [2.45, 2.75) is 38.6 Å². The fourth-order valence-electron chi connectivity index (χ4n) is 2.45. The molecule has 1 fully saturated rings. The molecule has 1 saturated heterocycles. The third-order valence-electron chi connectivity index (χ3n) is 3.39. The average Bonchev–Trinajstić information content (AvgIpc) is 2.54. The van der Waals surface area contributed by atoms with Crippen LogP contribution in [-0.4, -0.2) is 12.6 Å². The van der Waals surface area contributed by atoms with Gasteiger partial charge in [0.25, 0.3) is 0 Å². The predicted octanol–water partition coefficient (Wildman–Crippen LogP) is 3.33. The number of nitrogens with zero attached hydrogens (tertiary/aromatic N) is 2. The summed E-state index contributed by atoms with van der Waals surface area (Å²) in [6.45, 7) is 3.35. The molecule has 0 aromatic heterocycles. The van der Waals surface area contributed by atoms with Crippen molar-refractivity contribution in [1.82, 2.24) is 0 Å². The van der Waals surface area contributed by atoms with Gasteiger partial charge in [-0.15, -0.1) is 0 Å². The molecule has 0 spiro atoms. The lowest BCUT2D eigenvalue weighted by Crippen LogP contribution is -2.32. The molecule has 0 bridgehead atoms. The number of nitriles is 1. The van der Waals surface area contributed by atoms with Crippen LogP contribution in [0.4, 0.5) is 5.69 Å². The van der Waals surface area contributed by atoms with E-state index in [4.69, 9.17) is 5.26 Å². The van der Waals surface area contributed by atoms with E-state index in [0.717, 1.165) is 17.8 Å². The van der Waals surface area contributed by atoms with Gasteiger partial charge in [0, 0.05) is 12.6 Å². The Kier molecular flexibility index (Phi) is 3.46. The summed E-state index contributed by atoms with van der Waals surface area (Å²) in [6, 6.07) is 10.8. The van der Waals surface area contributed by atoms with E-state index in [1.165, 1.54) is 25.7 Å². The summed E-state index contributed by atoms with van der Waals surface area (Å²) in [6.07, 6.45) is 5.10. The second-order valence-electron chi connectivity index (χ2n) is 4.52. The Morgan fingerprint density at radius 1 is 1.25 bits per heavy atom. The Hall–Kier alpha value is -1.49. The summed E-state index contributed by atoms with van der Waals surface area (Å²) in [5.41, 5.74) is 1.91. The number of benzene rings is 1. The number of hydrogen-bond acceptors (Lipinski definition) is 2. The van der Waals surface area contributed by atoms with Crippen LogP contribution in [0.25, 0.3) is 0 Å². The van der Waals surface area contributed by atoms with Crippen LogP contribution in [0.5, 0.6) is 0 Å². The minimum absolute atomic E-state index is 0.553. The lowest BCUT2D eigenvalue weighted by molar-refractivity contribution is 0.616. The van der Waals surface area contributed by atoms with E-state index in [1.54, 1.807) is 0 Å². The molecule has 16 heavy (non-hydrogen) atoms. The van der Waals surface area contributed by atoms with Crippen molar-refractivity contribution in [3.05, 3.63) is 29.8 Å². The van der Waals surface area contributed by atoms with Crippen molar-refractivity contribution in [2.24, 2.45) is 0 Å². The summed E-state index contributed by atoms with van der Waals surface area (Å²) < 4.78 is 0. The molecule has 1 aliphatic heterocycles. The maximum absolute atomic E-state index is 9.13. The van der Waals surface area contributed by atoms with E-state index in [0.29, 0.717) is 6.04 Å². The number of para-hydroxylation sites is 1. The molecular formula is C14H18N2. The number of rotatable bonds is 1. The second kappa shape index (κ2) is 5.03. The zero-order chi connectivity index (χ0) is 11.4. The molecule has 1 aromatic carbocycles. The zero-order valence-electron chi connectivity index (χ0n) is 9.82. The Morgan fingerprint density at radius 3 is 2.88 bits per heavy atom. The van der Waals surface area contributed by atoms with E-state index in [2.05, 4.69) is 24.0 Å². The van der Waals surface area contributed by atoms with Gasteiger partial charge in [-0.2, -0.15) is 5.26 Å². The van der Waals surface area contributed by atoms with Gasteiger partial charge in [0.1, 0.15) is 6.07 Å². The van der Waals surface area contributed by atoms with Gasteiger partial charge in [0.05, 0.1) is 11.3 Å². The molecule has 0 N–H and O–H groups in total. The summed E-state index contributed by atoms with van der Waals surface area (Å²) in [4.78, 5) is 2.39. The molecule has 0 radical (unpaired) electrons. The van der Waals surface area contributed by atoms with E-state index < -0.39 is 0 Å². The molecule has 1 heterocycles. The molecule has 0 aliphatic carbocycles. The highest BCUT2D eigenvalue weighted by Crippen LogP contribution is 2.26. The van der Waals surface area contributed by atoms with Crippen LogP contribution < -0.4 is 4.90 Å². The van der Waals surface area contributed by atoms with Gasteiger partial charge in [-0.1, -0.05) is 25.0 Å². The first kappa shape index (κ1) is 11.0. The zero-order valence-corrected chi connectivity index (χ0v) is 9.82. The summed E-state index contributed by atoms with van der Waals surface area (Å²) >= 11 is 0. The Balaban J connectivity index is 2.31. The monoisotopic (exact) mass is 214 g/mol. The van der Waals surface area contributed by atoms with Gasteiger partial charge in [0.15, 0.2) is 0 Å². The second-order valence-corrected chi connectivity index (χ2v) is 4.52. The van der Waals surface area contributed by atoms with Crippen LogP contribution in [0.2, 0.25) is 0 Å². The van der Waals surface area contributed by atoms with Crippen LogP contribution in [0.3, 0.4) is 0 Å². The maximum atomic E-state index is 9.13. The van der Waals surface area contributed by atoms with Gasteiger partial charge >= 0.3 is 0 Å². The van der Waals surface area contributed by atoms with Crippen LogP contribution in [0, 0.1) is 11.3 Å². The minimum atomic E-state index is 0.553. The smallest absolute Gasteiger partial charge is 0.101 e. The van der Waals surface area contributed by atoms with E-state index >= 15 is 0 Å². The topological polar surface area (TPSA) is 27.0 Å². The highest BCUT2D eigenvalue weighted by molar-refractivity contribution is 5.59. The molecule has 2 nitrogen and oxygen atoms in total. The van der Waals surface area contributed by atoms with E-state index in [-0.39, 0.29) is 0 Å². The standard InChI is InChI=1S/C14H18N2/c1-12-7-3-2-6-10-16(12)14-9-5-4-8-13(14)11-15/h4-5,8-9,12H,2-3,6-7,10H2,1H3. The first-order valence-electron chi connectivity index (χ1n) is 6.08. The summed E-state index contributed by atoms with van der Waals surface area (Å²) in [5, 5.41) is 9.13. The van der Waals surface area contributed by atoms with Gasteiger partial charge in [-0.3, -0.25) is 0 Å². The summed E-state index contributed by atoms with van der Waals surface area (Å²) in [7, 11) is 0. The van der Waals surface area contributed by atoms with Gasteiger partial charge in [0.2, 0.25) is 0 Å². The van der Waals surface area contributed by atoms with Crippen molar-refractivity contribution in [1.29, 1.82) is 5.26 Å². The Morgan fingerprint density at radius 2 is 2.06 bits per heavy atom. The van der Waals surface area contributed by atoms with Gasteiger partial charge in [-0.25, -0.2) is 0 Å². The Bertz CT molecular complexity index is 392. The number of hydrogen-bond donors (Lipinski definition) is 0. The first-order chi connectivity index (χ1) is 7.83. The van der Waals surface area contributed by atoms with Crippen LogP contribution >= 0.6 is 0 Å². The maximum Gasteiger partial charge on any atom is 0.101 e. The van der Waals surface area contributed by atoms with Crippen molar-refractivity contribution >= 4 is 5.69 Å². The molecule has 1 aliphatic rings. The third kappa shape index (κ3) is 2.19. The molecule has 1 atom stereocenters. The van der Waals surface area contributed by atoms with Gasteiger partial charge < -0.3 is 4.90 Å². The van der Waals surface area contributed by atoms with Crippen molar-refractivity contribution < 1.29 is 0 Å². The minimum Gasteiger partial charge on any atom is -0.368 e. The molecule has 0 saturated carbocycles. The van der Waals surface area contributed by atoms with Gasteiger partial charge in [-0.05, 0) is 31.9 Å². The fraction of sp³-hybridized carbons (Fsp3) is 0.500. The highest BCUT2D eigenvalue weighted by atomic mass is 15.2. The summed E-state index contributed by atoms with van der Waals surface area (Å²) in [5.74, 6) is 0. The molecule has 2 heteroatoms.